The molecule has 6 rings (SSSR count). The SMILES string of the molecule is Cc1ccc(S(=O)(=O)n2c(C(O)c3ccccc3N(C/C=C/c3ccc4c(c3)OCO4)S(C)(=O)=O)cc3ccccc32)cc1. The number of ether oxygens (including phenoxy) is 2. The fraction of sp³-hybridized carbons (Fsp3) is 0.152. The average Bonchev–Trinajstić information content (AvgIpc) is 3.63. The molecule has 1 aliphatic rings. The monoisotopic (exact) mass is 630 g/mol. The van der Waals surface area contributed by atoms with Gasteiger partial charge in [-0.3, -0.25) is 4.31 Å². The Balaban J connectivity index is 1.41. The van der Waals surface area contributed by atoms with E-state index in [0.29, 0.717) is 22.4 Å². The van der Waals surface area contributed by atoms with Crippen molar-refractivity contribution < 1.29 is 31.4 Å². The van der Waals surface area contributed by atoms with Gasteiger partial charge in [-0.15, -0.1) is 0 Å². The average molecular weight is 631 g/mol. The van der Waals surface area contributed by atoms with Crippen LogP contribution >= 0.6 is 0 Å². The van der Waals surface area contributed by atoms with Crippen molar-refractivity contribution in [3.8, 4) is 11.5 Å². The smallest absolute Gasteiger partial charge is 0.268 e. The first-order chi connectivity index (χ1) is 21.0. The molecule has 1 N–H and O–H groups in total. The molecular formula is C33H30N2O7S2. The second kappa shape index (κ2) is 11.5. The summed E-state index contributed by atoms with van der Waals surface area (Å²) < 4.78 is 67.3. The molecule has 1 aromatic heterocycles. The van der Waals surface area contributed by atoms with Crippen molar-refractivity contribution in [3.63, 3.8) is 0 Å². The van der Waals surface area contributed by atoms with Gasteiger partial charge in [0.25, 0.3) is 10.0 Å². The Morgan fingerprint density at radius 3 is 2.36 bits per heavy atom. The molecule has 0 saturated carbocycles. The number of aliphatic hydroxyl groups is 1. The quantitative estimate of drug-likeness (QED) is 0.230. The number of anilines is 1. The number of rotatable bonds is 9. The number of hydrogen-bond acceptors (Lipinski definition) is 7. The van der Waals surface area contributed by atoms with E-state index >= 15 is 0 Å². The zero-order chi connectivity index (χ0) is 31.1. The Morgan fingerprint density at radius 1 is 0.886 bits per heavy atom. The molecule has 0 spiro atoms. The predicted molar refractivity (Wildman–Crippen MR) is 170 cm³/mol. The summed E-state index contributed by atoms with van der Waals surface area (Å²) in [4.78, 5) is 0.0672. The van der Waals surface area contributed by atoms with Gasteiger partial charge in [-0.2, -0.15) is 0 Å². The van der Waals surface area contributed by atoms with Gasteiger partial charge in [0, 0.05) is 10.9 Å². The fourth-order valence-electron chi connectivity index (χ4n) is 5.24. The minimum absolute atomic E-state index is 0.0400. The molecule has 5 aromatic rings. The largest absolute Gasteiger partial charge is 0.454 e. The summed E-state index contributed by atoms with van der Waals surface area (Å²) in [6.07, 6.45) is 3.07. The third-order valence-electron chi connectivity index (χ3n) is 7.41. The third-order valence-corrected chi connectivity index (χ3v) is 10.3. The molecule has 4 aromatic carbocycles. The molecule has 0 bridgehead atoms. The van der Waals surface area contributed by atoms with Crippen molar-refractivity contribution in [2.45, 2.75) is 17.9 Å². The number of hydrogen-bond donors (Lipinski definition) is 1. The second-order valence-corrected chi connectivity index (χ2v) is 14.2. The zero-order valence-electron chi connectivity index (χ0n) is 24.0. The summed E-state index contributed by atoms with van der Waals surface area (Å²) in [6, 6.07) is 27.0. The molecule has 0 radical (unpaired) electrons. The van der Waals surface area contributed by atoms with Gasteiger partial charge in [-0.25, -0.2) is 20.8 Å². The number of benzene rings is 4. The minimum atomic E-state index is -4.14. The number of fused-ring (bicyclic) bond motifs is 2. The topological polar surface area (TPSA) is 115 Å². The van der Waals surface area contributed by atoms with Crippen molar-refractivity contribution in [1.82, 2.24) is 3.97 Å². The Kier molecular flexibility index (Phi) is 7.70. The molecular weight excluding hydrogens is 601 g/mol. The normalized spacial score (nSPS) is 13.9. The Hall–Kier alpha value is -4.58. The van der Waals surface area contributed by atoms with Crippen LogP contribution in [0, 0.1) is 6.92 Å². The fourth-order valence-corrected chi connectivity index (χ4v) is 7.67. The van der Waals surface area contributed by atoms with Crippen LogP contribution in [0.1, 0.15) is 28.5 Å². The standard InChI is InChI=1S/C33H30N2O7S2/c1-23-13-16-26(17-14-23)44(39,40)35-28-11-5-3-9-25(28)21-30(35)33(36)27-10-4-6-12-29(27)34(43(2,37)38)19-7-8-24-15-18-31-32(20-24)42-22-41-31/h3-18,20-21,33,36H,19,22H2,1-2H3/b8-7+. The van der Waals surface area contributed by atoms with Gasteiger partial charge in [0.05, 0.1) is 34.6 Å². The number of aryl methyl sites for hydroxylation is 1. The van der Waals surface area contributed by atoms with Crippen LogP contribution in [-0.2, 0) is 20.0 Å². The lowest BCUT2D eigenvalue weighted by Crippen LogP contribution is -2.31. The third kappa shape index (κ3) is 5.57. The molecule has 1 atom stereocenters. The highest BCUT2D eigenvalue weighted by molar-refractivity contribution is 7.92. The maximum atomic E-state index is 14.0. The van der Waals surface area contributed by atoms with Crippen molar-refractivity contribution in [1.29, 1.82) is 0 Å². The number of sulfonamides is 1. The van der Waals surface area contributed by atoms with E-state index in [9.17, 15) is 21.9 Å². The summed E-state index contributed by atoms with van der Waals surface area (Å²) in [5.41, 5.74) is 2.64. The molecule has 11 heteroatoms. The van der Waals surface area contributed by atoms with E-state index < -0.39 is 26.2 Å². The molecule has 1 aliphatic heterocycles. The highest BCUT2D eigenvalue weighted by Crippen LogP contribution is 2.37. The minimum Gasteiger partial charge on any atom is -0.454 e. The van der Waals surface area contributed by atoms with Crippen LogP contribution in [-0.4, -0.2) is 45.5 Å². The molecule has 2 heterocycles. The molecule has 0 saturated heterocycles. The van der Waals surface area contributed by atoms with Gasteiger partial charge >= 0.3 is 0 Å². The molecule has 0 fully saturated rings. The predicted octanol–water partition coefficient (Wildman–Crippen LogP) is 5.48. The lowest BCUT2D eigenvalue weighted by Gasteiger charge is -2.26. The van der Waals surface area contributed by atoms with E-state index in [0.717, 1.165) is 21.4 Å². The van der Waals surface area contributed by atoms with Crippen LogP contribution in [0.5, 0.6) is 11.5 Å². The lowest BCUT2D eigenvalue weighted by atomic mass is 10.0. The first kappa shape index (κ1) is 29.5. The summed E-state index contributed by atoms with van der Waals surface area (Å²) in [6.45, 7) is 1.97. The molecule has 226 valence electrons. The molecule has 9 nitrogen and oxygen atoms in total. The number of nitrogens with zero attached hydrogens (tertiary/aromatic N) is 2. The molecule has 0 aliphatic carbocycles. The van der Waals surface area contributed by atoms with Gasteiger partial charge in [0.1, 0.15) is 6.10 Å². The first-order valence-corrected chi connectivity index (χ1v) is 17.1. The summed E-state index contributed by atoms with van der Waals surface area (Å²) in [5, 5.41) is 12.5. The van der Waals surface area contributed by atoms with Gasteiger partial charge < -0.3 is 14.6 Å². The molecule has 44 heavy (non-hydrogen) atoms. The van der Waals surface area contributed by atoms with E-state index in [1.54, 1.807) is 91.0 Å². The lowest BCUT2D eigenvalue weighted by molar-refractivity contribution is 0.174. The number of aromatic nitrogens is 1. The van der Waals surface area contributed by atoms with Crippen molar-refractivity contribution in [2.75, 3.05) is 23.9 Å². The van der Waals surface area contributed by atoms with Crippen molar-refractivity contribution in [2.24, 2.45) is 0 Å². The first-order valence-electron chi connectivity index (χ1n) is 13.8. The van der Waals surface area contributed by atoms with Gasteiger partial charge in [-0.1, -0.05) is 72.3 Å². The van der Waals surface area contributed by atoms with Crippen LogP contribution in [0.4, 0.5) is 5.69 Å². The van der Waals surface area contributed by atoms with Crippen LogP contribution in [0.15, 0.2) is 108 Å². The molecule has 1 unspecified atom stereocenters. The maximum Gasteiger partial charge on any atom is 0.268 e. The van der Waals surface area contributed by atoms with Crippen molar-refractivity contribution in [3.05, 3.63) is 126 Å². The van der Waals surface area contributed by atoms with E-state index in [-0.39, 0.29) is 35.2 Å². The van der Waals surface area contributed by atoms with E-state index in [2.05, 4.69) is 0 Å². The summed E-state index contributed by atoms with van der Waals surface area (Å²) in [5.74, 6) is 1.25. The highest BCUT2D eigenvalue weighted by atomic mass is 32.2. The Morgan fingerprint density at radius 2 is 1.59 bits per heavy atom. The molecule has 0 amide bonds. The number of para-hydroxylation sites is 2. The highest BCUT2D eigenvalue weighted by Gasteiger charge is 2.30. The second-order valence-electron chi connectivity index (χ2n) is 10.5. The Bertz CT molecular complexity index is 2100. The van der Waals surface area contributed by atoms with Gasteiger partial charge in [0.2, 0.25) is 16.8 Å². The van der Waals surface area contributed by atoms with Crippen LogP contribution in [0.25, 0.3) is 17.0 Å². The van der Waals surface area contributed by atoms with Crippen LogP contribution in [0.2, 0.25) is 0 Å². The van der Waals surface area contributed by atoms with E-state index in [1.165, 1.54) is 16.4 Å². The van der Waals surface area contributed by atoms with Crippen LogP contribution < -0.4 is 13.8 Å². The van der Waals surface area contributed by atoms with Gasteiger partial charge in [0.15, 0.2) is 11.5 Å². The Labute approximate surface area is 256 Å². The zero-order valence-corrected chi connectivity index (χ0v) is 25.6. The summed E-state index contributed by atoms with van der Waals surface area (Å²) >= 11 is 0. The number of aliphatic hydroxyl groups excluding tert-OH is 1. The van der Waals surface area contributed by atoms with E-state index in [1.807, 2.05) is 13.0 Å². The summed E-state index contributed by atoms with van der Waals surface area (Å²) in [7, 11) is -7.97. The van der Waals surface area contributed by atoms with Crippen LogP contribution in [0.3, 0.4) is 0 Å². The van der Waals surface area contributed by atoms with Gasteiger partial charge in [-0.05, 0) is 55.0 Å². The van der Waals surface area contributed by atoms with Crippen molar-refractivity contribution >= 4 is 42.7 Å². The maximum absolute atomic E-state index is 14.0. The van der Waals surface area contributed by atoms with E-state index in [4.69, 9.17) is 9.47 Å².